The van der Waals surface area contributed by atoms with E-state index in [0.717, 1.165) is 30.7 Å². The van der Waals surface area contributed by atoms with Crippen LogP contribution in [-0.4, -0.2) is 48.8 Å². The fraction of sp³-hybridized carbons (Fsp3) is 1.00. The molecule has 3 aliphatic heterocycles. The van der Waals surface area contributed by atoms with Crippen LogP contribution in [-0.2, 0) is 4.74 Å². The summed E-state index contributed by atoms with van der Waals surface area (Å²) < 4.78 is 5.95. The number of piperidine rings is 1. The molecule has 2 bridgehead atoms. The number of hydrogen-bond acceptors (Lipinski definition) is 3. The summed E-state index contributed by atoms with van der Waals surface area (Å²) in [5, 5.41) is 3.96. The number of nitrogens with one attached hydrogen (secondary N) is 1. The number of hydrogen-bond donors (Lipinski definition) is 1. The molecule has 0 aromatic carbocycles. The van der Waals surface area contributed by atoms with E-state index in [1.54, 1.807) is 0 Å². The average Bonchev–Trinajstić information content (AvgIpc) is 3.07. The Morgan fingerprint density at radius 1 is 1.00 bits per heavy atom. The zero-order valence-corrected chi connectivity index (χ0v) is 11.5. The maximum absolute atomic E-state index is 5.95. The van der Waals surface area contributed by atoms with Crippen molar-refractivity contribution < 1.29 is 4.74 Å². The molecular formula is C15H26N2O. The van der Waals surface area contributed by atoms with E-state index < -0.39 is 0 Å². The van der Waals surface area contributed by atoms with Gasteiger partial charge in [-0.15, -0.1) is 0 Å². The van der Waals surface area contributed by atoms with Gasteiger partial charge in [0.1, 0.15) is 0 Å². The minimum Gasteiger partial charge on any atom is -0.376 e. The summed E-state index contributed by atoms with van der Waals surface area (Å²) in [6.45, 7) is 0.984. The molecule has 0 amide bonds. The molecule has 1 aliphatic carbocycles. The predicted molar refractivity (Wildman–Crippen MR) is 71.6 cm³/mol. The molecule has 0 aromatic rings. The normalized spacial score (nSPS) is 48.8. The van der Waals surface area contributed by atoms with Crippen LogP contribution in [0.15, 0.2) is 0 Å². The fourth-order valence-corrected chi connectivity index (χ4v) is 4.53. The Kier molecular flexibility index (Phi) is 2.90. The SMILES string of the molecule is CN1C2CCC1CC(NC1CCOC1C1CC1)C2. The first kappa shape index (κ1) is 11.7. The van der Waals surface area contributed by atoms with Crippen LogP contribution in [0.25, 0.3) is 0 Å². The molecule has 4 unspecified atom stereocenters. The Labute approximate surface area is 110 Å². The average molecular weight is 250 g/mol. The monoisotopic (exact) mass is 250 g/mol. The maximum Gasteiger partial charge on any atom is 0.0757 e. The van der Waals surface area contributed by atoms with Crippen LogP contribution in [0.1, 0.15) is 44.9 Å². The van der Waals surface area contributed by atoms with Crippen molar-refractivity contribution in [1.29, 1.82) is 0 Å². The van der Waals surface area contributed by atoms with Gasteiger partial charge in [-0.25, -0.2) is 0 Å². The van der Waals surface area contributed by atoms with Gasteiger partial charge in [0.2, 0.25) is 0 Å². The van der Waals surface area contributed by atoms with Crippen molar-refractivity contribution in [3.05, 3.63) is 0 Å². The Morgan fingerprint density at radius 2 is 1.72 bits per heavy atom. The molecule has 3 saturated heterocycles. The minimum atomic E-state index is 0.544. The van der Waals surface area contributed by atoms with Crippen LogP contribution in [0.3, 0.4) is 0 Å². The molecule has 4 fully saturated rings. The third-order valence-corrected chi connectivity index (χ3v) is 5.77. The molecule has 102 valence electrons. The van der Waals surface area contributed by atoms with E-state index >= 15 is 0 Å². The Balaban J connectivity index is 1.37. The first-order chi connectivity index (χ1) is 8.81. The lowest BCUT2D eigenvalue weighted by Crippen LogP contribution is -2.51. The largest absolute Gasteiger partial charge is 0.376 e. The topological polar surface area (TPSA) is 24.5 Å². The van der Waals surface area contributed by atoms with E-state index in [4.69, 9.17) is 4.74 Å². The van der Waals surface area contributed by atoms with Gasteiger partial charge in [-0.2, -0.15) is 0 Å². The Morgan fingerprint density at radius 3 is 2.39 bits per heavy atom. The highest BCUT2D eigenvalue weighted by atomic mass is 16.5. The van der Waals surface area contributed by atoms with Gasteiger partial charge in [0.05, 0.1) is 6.10 Å². The second-order valence-electron chi connectivity index (χ2n) is 6.95. The molecule has 4 aliphatic rings. The van der Waals surface area contributed by atoms with E-state index in [0.29, 0.717) is 12.1 Å². The minimum absolute atomic E-state index is 0.544. The highest BCUT2D eigenvalue weighted by Gasteiger charge is 2.43. The van der Waals surface area contributed by atoms with Crippen molar-refractivity contribution in [2.45, 2.75) is 75.2 Å². The van der Waals surface area contributed by atoms with Gasteiger partial charge in [-0.1, -0.05) is 0 Å². The number of nitrogens with zero attached hydrogens (tertiary/aromatic N) is 1. The van der Waals surface area contributed by atoms with Crippen LogP contribution in [0.4, 0.5) is 0 Å². The third kappa shape index (κ3) is 2.00. The standard InChI is InChI=1S/C15H26N2O/c1-17-12-4-5-13(17)9-11(8-12)16-14-6-7-18-15(14)10-2-3-10/h10-16H,2-9H2,1H3. The molecule has 0 radical (unpaired) electrons. The molecule has 18 heavy (non-hydrogen) atoms. The lowest BCUT2D eigenvalue weighted by atomic mass is 9.95. The zero-order valence-electron chi connectivity index (χ0n) is 11.5. The maximum atomic E-state index is 5.95. The van der Waals surface area contributed by atoms with Crippen LogP contribution in [0.5, 0.6) is 0 Å². The molecule has 4 atom stereocenters. The van der Waals surface area contributed by atoms with E-state index in [1.807, 2.05) is 0 Å². The van der Waals surface area contributed by atoms with Gasteiger partial charge in [0.15, 0.2) is 0 Å². The molecule has 0 aromatic heterocycles. The van der Waals surface area contributed by atoms with Crippen LogP contribution in [0, 0.1) is 5.92 Å². The summed E-state index contributed by atoms with van der Waals surface area (Å²) in [5.74, 6) is 0.882. The first-order valence-electron chi connectivity index (χ1n) is 7.91. The molecule has 1 N–H and O–H groups in total. The van der Waals surface area contributed by atoms with Gasteiger partial charge in [0, 0.05) is 30.8 Å². The lowest BCUT2D eigenvalue weighted by Gasteiger charge is -2.38. The van der Waals surface area contributed by atoms with Gasteiger partial charge in [-0.05, 0) is 57.9 Å². The third-order valence-electron chi connectivity index (χ3n) is 5.77. The van der Waals surface area contributed by atoms with Crippen LogP contribution in [0.2, 0.25) is 0 Å². The van der Waals surface area contributed by atoms with Crippen molar-refractivity contribution in [3.8, 4) is 0 Å². The van der Waals surface area contributed by atoms with Crippen LogP contribution < -0.4 is 5.32 Å². The van der Waals surface area contributed by atoms with Crippen molar-refractivity contribution >= 4 is 0 Å². The summed E-state index contributed by atoms with van der Waals surface area (Å²) >= 11 is 0. The van der Waals surface area contributed by atoms with Crippen molar-refractivity contribution in [2.75, 3.05) is 13.7 Å². The van der Waals surface area contributed by atoms with E-state index in [1.165, 1.54) is 44.9 Å². The second kappa shape index (κ2) is 4.46. The molecule has 0 spiro atoms. The molecule has 3 nitrogen and oxygen atoms in total. The summed E-state index contributed by atoms with van der Waals surface area (Å²) in [7, 11) is 2.32. The lowest BCUT2D eigenvalue weighted by molar-refractivity contribution is 0.0721. The van der Waals surface area contributed by atoms with Crippen molar-refractivity contribution in [1.82, 2.24) is 10.2 Å². The van der Waals surface area contributed by atoms with Gasteiger partial charge in [0.25, 0.3) is 0 Å². The quantitative estimate of drug-likeness (QED) is 0.826. The Bertz CT molecular complexity index is 304. The highest BCUT2D eigenvalue weighted by Crippen LogP contribution is 2.40. The molecular weight excluding hydrogens is 224 g/mol. The van der Waals surface area contributed by atoms with Gasteiger partial charge in [-0.3, -0.25) is 0 Å². The van der Waals surface area contributed by atoms with Crippen molar-refractivity contribution in [2.24, 2.45) is 5.92 Å². The second-order valence-corrected chi connectivity index (χ2v) is 6.95. The van der Waals surface area contributed by atoms with Gasteiger partial charge >= 0.3 is 0 Å². The molecule has 4 rings (SSSR count). The van der Waals surface area contributed by atoms with E-state index in [2.05, 4.69) is 17.3 Å². The van der Waals surface area contributed by atoms with Crippen molar-refractivity contribution in [3.63, 3.8) is 0 Å². The number of ether oxygens (including phenoxy) is 1. The molecule has 1 saturated carbocycles. The number of fused-ring (bicyclic) bond motifs is 2. The smallest absolute Gasteiger partial charge is 0.0757 e. The predicted octanol–water partition coefficient (Wildman–Crippen LogP) is 1.77. The summed E-state index contributed by atoms with van der Waals surface area (Å²) in [5.41, 5.74) is 0. The summed E-state index contributed by atoms with van der Waals surface area (Å²) in [4.78, 5) is 2.63. The van der Waals surface area contributed by atoms with Gasteiger partial charge < -0.3 is 15.0 Å². The highest BCUT2D eigenvalue weighted by molar-refractivity contribution is 5.00. The molecule has 3 heterocycles. The fourth-order valence-electron chi connectivity index (χ4n) is 4.53. The van der Waals surface area contributed by atoms with E-state index in [9.17, 15) is 0 Å². The van der Waals surface area contributed by atoms with E-state index in [-0.39, 0.29) is 0 Å². The molecule has 3 heteroatoms. The first-order valence-corrected chi connectivity index (χ1v) is 7.91. The zero-order chi connectivity index (χ0) is 12.1. The summed E-state index contributed by atoms with van der Waals surface area (Å²) in [6.07, 6.45) is 10.2. The number of rotatable bonds is 3. The van der Waals surface area contributed by atoms with Crippen LogP contribution >= 0.6 is 0 Å². The summed E-state index contributed by atoms with van der Waals surface area (Å²) in [6, 6.07) is 3.11. The Hall–Kier alpha value is -0.120.